The molecule has 1 nitrogen and oxygen atoms in total. The van der Waals surface area contributed by atoms with Crippen LogP contribution in [0.4, 0.5) is 10.1 Å². The summed E-state index contributed by atoms with van der Waals surface area (Å²) in [6, 6.07) is 4.93. The molecular weight excluding hydrogens is 165 g/mol. The molecule has 1 rings (SSSR count). The quantitative estimate of drug-likeness (QED) is 0.711. The van der Waals surface area contributed by atoms with Crippen LogP contribution in [0.5, 0.6) is 0 Å². The first kappa shape index (κ1) is 10.0. The molecule has 2 N–H and O–H groups in total. The van der Waals surface area contributed by atoms with Crippen molar-refractivity contribution in [3.05, 3.63) is 29.6 Å². The van der Waals surface area contributed by atoms with Crippen molar-refractivity contribution >= 4 is 5.69 Å². The van der Waals surface area contributed by atoms with Crippen LogP contribution in [-0.4, -0.2) is 0 Å². The molecule has 1 aromatic rings. The monoisotopic (exact) mass is 181 g/mol. The molecule has 2 heteroatoms. The van der Waals surface area contributed by atoms with Crippen LogP contribution in [0.3, 0.4) is 0 Å². The minimum atomic E-state index is -0.180. The maximum Gasteiger partial charge on any atom is 0.128 e. The Morgan fingerprint density at radius 2 is 2.15 bits per heavy atom. The molecule has 0 bridgehead atoms. The summed E-state index contributed by atoms with van der Waals surface area (Å²) >= 11 is 0. The Kier molecular flexibility index (Phi) is 3.29. The van der Waals surface area contributed by atoms with Crippen molar-refractivity contribution < 1.29 is 4.39 Å². The Labute approximate surface area is 78.8 Å². The molecule has 72 valence electrons. The highest BCUT2D eigenvalue weighted by molar-refractivity contribution is 5.41. The van der Waals surface area contributed by atoms with E-state index in [1.54, 1.807) is 12.1 Å². The summed E-state index contributed by atoms with van der Waals surface area (Å²) in [7, 11) is 0. The van der Waals surface area contributed by atoms with Gasteiger partial charge in [0.15, 0.2) is 0 Å². The van der Waals surface area contributed by atoms with Gasteiger partial charge in [-0.15, -0.1) is 0 Å². The fourth-order valence-corrected chi connectivity index (χ4v) is 1.53. The van der Waals surface area contributed by atoms with Gasteiger partial charge >= 0.3 is 0 Å². The van der Waals surface area contributed by atoms with E-state index in [2.05, 4.69) is 6.92 Å². The molecule has 0 radical (unpaired) electrons. The molecule has 0 spiro atoms. The van der Waals surface area contributed by atoms with E-state index in [-0.39, 0.29) is 11.7 Å². The molecule has 0 saturated carbocycles. The predicted octanol–water partition coefficient (Wildman–Crippen LogP) is 3.31. The zero-order chi connectivity index (χ0) is 9.84. The Morgan fingerprint density at radius 1 is 1.46 bits per heavy atom. The summed E-state index contributed by atoms with van der Waals surface area (Å²) in [4.78, 5) is 0. The van der Waals surface area contributed by atoms with Gasteiger partial charge in [0.1, 0.15) is 5.82 Å². The minimum absolute atomic E-state index is 0.180. The Balaban J connectivity index is 2.88. The van der Waals surface area contributed by atoms with E-state index < -0.39 is 0 Å². The highest BCUT2D eigenvalue weighted by Crippen LogP contribution is 2.24. The van der Waals surface area contributed by atoms with Gasteiger partial charge in [0.05, 0.1) is 0 Å². The maximum atomic E-state index is 13.3. The number of anilines is 1. The third kappa shape index (κ3) is 2.44. The van der Waals surface area contributed by atoms with Gasteiger partial charge in [-0.25, -0.2) is 4.39 Å². The smallest absolute Gasteiger partial charge is 0.128 e. The average Bonchev–Trinajstić information content (AvgIpc) is 2.04. The summed E-state index contributed by atoms with van der Waals surface area (Å²) in [5.74, 6) is 0.103. The highest BCUT2D eigenvalue weighted by Gasteiger charge is 2.09. The van der Waals surface area contributed by atoms with Gasteiger partial charge in [0.2, 0.25) is 0 Å². The molecular formula is C11H16FN. The van der Waals surface area contributed by atoms with Crippen LogP contribution in [0, 0.1) is 5.82 Å². The Bertz CT molecular complexity index is 283. The van der Waals surface area contributed by atoms with Gasteiger partial charge in [0.25, 0.3) is 0 Å². The number of halogens is 1. The van der Waals surface area contributed by atoms with Crippen LogP contribution in [0.1, 0.15) is 38.2 Å². The lowest BCUT2D eigenvalue weighted by molar-refractivity contribution is 0.571. The number of hydrogen-bond acceptors (Lipinski definition) is 1. The molecule has 1 unspecified atom stereocenters. The Hall–Kier alpha value is -1.05. The fraction of sp³-hybridized carbons (Fsp3) is 0.455. The molecule has 0 aromatic heterocycles. The average molecular weight is 181 g/mol. The summed E-state index contributed by atoms with van der Waals surface area (Å²) in [6.07, 6.45) is 2.09. The van der Waals surface area contributed by atoms with Crippen LogP contribution in [0.15, 0.2) is 18.2 Å². The molecule has 0 fully saturated rings. The van der Waals surface area contributed by atoms with Crippen molar-refractivity contribution in [2.45, 2.75) is 32.6 Å². The van der Waals surface area contributed by atoms with Crippen molar-refractivity contribution in [1.82, 2.24) is 0 Å². The van der Waals surface area contributed by atoms with Crippen LogP contribution in [-0.2, 0) is 0 Å². The van der Waals surface area contributed by atoms with E-state index in [9.17, 15) is 4.39 Å². The summed E-state index contributed by atoms with van der Waals surface area (Å²) < 4.78 is 13.3. The summed E-state index contributed by atoms with van der Waals surface area (Å²) in [6.45, 7) is 4.14. The number of hydrogen-bond donors (Lipinski definition) is 1. The van der Waals surface area contributed by atoms with Crippen molar-refractivity contribution in [2.75, 3.05) is 5.73 Å². The largest absolute Gasteiger partial charge is 0.399 e. The topological polar surface area (TPSA) is 26.0 Å². The molecule has 0 aliphatic heterocycles. The molecule has 1 aromatic carbocycles. The van der Waals surface area contributed by atoms with Crippen molar-refractivity contribution in [3.63, 3.8) is 0 Å². The van der Waals surface area contributed by atoms with Gasteiger partial charge in [0, 0.05) is 5.69 Å². The number of rotatable bonds is 3. The minimum Gasteiger partial charge on any atom is -0.399 e. The van der Waals surface area contributed by atoms with Gasteiger partial charge < -0.3 is 5.73 Å². The molecule has 0 heterocycles. The standard InChI is InChI=1S/C11H16FN/c1-3-4-8(2)10-6-5-9(13)7-11(10)12/h5-8H,3-4,13H2,1-2H3. The number of nitrogens with two attached hydrogens (primary N) is 1. The van der Waals surface area contributed by atoms with Crippen molar-refractivity contribution in [3.8, 4) is 0 Å². The lowest BCUT2D eigenvalue weighted by atomic mass is 9.96. The van der Waals surface area contributed by atoms with E-state index in [0.29, 0.717) is 5.69 Å². The number of benzene rings is 1. The summed E-state index contributed by atoms with van der Waals surface area (Å²) in [5, 5.41) is 0. The van der Waals surface area contributed by atoms with E-state index in [1.807, 2.05) is 6.92 Å². The van der Waals surface area contributed by atoms with Crippen molar-refractivity contribution in [1.29, 1.82) is 0 Å². The fourth-order valence-electron chi connectivity index (χ4n) is 1.53. The zero-order valence-electron chi connectivity index (χ0n) is 8.18. The first-order valence-corrected chi connectivity index (χ1v) is 4.70. The summed E-state index contributed by atoms with van der Waals surface area (Å²) in [5.41, 5.74) is 6.73. The van der Waals surface area contributed by atoms with E-state index >= 15 is 0 Å². The maximum absolute atomic E-state index is 13.3. The molecule has 0 amide bonds. The van der Waals surface area contributed by atoms with Gasteiger partial charge in [-0.2, -0.15) is 0 Å². The van der Waals surface area contributed by atoms with E-state index in [0.717, 1.165) is 18.4 Å². The van der Waals surface area contributed by atoms with E-state index in [1.165, 1.54) is 6.07 Å². The second-order valence-corrected chi connectivity index (χ2v) is 3.47. The van der Waals surface area contributed by atoms with Gasteiger partial charge in [-0.3, -0.25) is 0 Å². The zero-order valence-corrected chi connectivity index (χ0v) is 8.18. The van der Waals surface area contributed by atoms with Gasteiger partial charge in [-0.1, -0.05) is 26.3 Å². The normalized spacial score (nSPS) is 12.8. The van der Waals surface area contributed by atoms with Gasteiger partial charge in [-0.05, 0) is 30.0 Å². The second-order valence-electron chi connectivity index (χ2n) is 3.47. The first-order chi connectivity index (χ1) is 6.15. The first-order valence-electron chi connectivity index (χ1n) is 4.70. The van der Waals surface area contributed by atoms with Crippen LogP contribution < -0.4 is 5.73 Å². The Morgan fingerprint density at radius 3 is 2.69 bits per heavy atom. The lowest BCUT2D eigenvalue weighted by Gasteiger charge is -2.11. The van der Waals surface area contributed by atoms with Crippen molar-refractivity contribution in [2.24, 2.45) is 0 Å². The number of nitrogen functional groups attached to an aromatic ring is 1. The predicted molar refractivity (Wildman–Crippen MR) is 54.1 cm³/mol. The molecule has 0 aliphatic carbocycles. The van der Waals surface area contributed by atoms with Crippen LogP contribution in [0.25, 0.3) is 0 Å². The molecule has 1 atom stereocenters. The van der Waals surface area contributed by atoms with Crippen LogP contribution >= 0.6 is 0 Å². The second kappa shape index (κ2) is 4.26. The molecule has 13 heavy (non-hydrogen) atoms. The third-order valence-electron chi connectivity index (χ3n) is 2.28. The SMILES string of the molecule is CCCC(C)c1ccc(N)cc1F. The lowest BCUT2D eigenvalue weighted by Crippen LogP contribution is -1.98. The van der Waals surface area contributed by atoms with E-state index in [4.69, 9.17) is 5.73 Å². The third-order valence-corrected chi connectivity index (χ3v) is 2.28. The molecule has 0 aliphatic rings. The van der Waals surface area contributed by atoms with Crippen LogP contribution in [0.2, 0.25) is 0 Å². The highest BCUT2D eigenvalue weighted by atomic mass is 19.1. The molecule has 0 saturated heterocycles.